The van der Waals surface area contributed by atoms with E-state index in [9.17, 15) is 4.79 Å². The van der Waals surface area contributed by atoms with Gasteiger partial charge < -0.3 is 14.6 Å². The molecule has 0 fully saturated rings. The Morgan fingerprint density at radius 2 is 2.23 bits per heavy atom. The van der Waals surface area contributed by atoms with Gasteiger partial charge in [0.1, 0.15) is 12.4 Å². The van der Waals surface area contributed by atoms with E-state index in [2.05, 4.69) is 27.9 Å². The Balaban J connectivity index is 1.54. The van der Waals surface area contributed by atoms with Gasteiger partial charge in [-0.2, -0.15) is 0 Å². The van der Waals surface area contributed by atoms with Crippen LogP contribution in [0.15, 0.2) is 77.0 Å². The highest BCUT2D eigenvalue weighted by Gasteiger charge is 2.11. The highest BCUT2D eigenvalue weighted by Crippen LogP contribution is 2.18. The smallest absolute Gasteiger partial charge is 0.296 e. The van der Waals surface area contributed by atoms with Crippen molar-refractivity contribution in [3.63, 3.8) is 0 Å². The molecule has 2 N–H and O–H groups in total. The van der Waals surface area contributed by atoms with Crippen molar-refractivity contribution in [3.05, 3.63) is 78.2 Å². The van der Waals surface area contributed by atoms with Crippen molar-refractivity contribution in [2.24, 2.45) is 0 Å². The van der Waals surface area contributed by atoms with Crippen LogP contribution in [-0.4, -0.2) is 22.8 Å². The quantitative estimate of drug-likeness (QED) is 0.786. The van der Waals surface area contributed by atoms with Crippen LogP contribution in [-0.2, 0) is 0 Å². The number of aromatic nitrogens is 1. The Bertz CT molecular complexity index is 870. The minimum atomic E-state index is -0.465. The number of carbonyl (C=O) groups is 1. The number of benzene rings is 1. The monoisotopic (exact) mass is 367 g/mol. The molecule has 7 heteroatoms. The van der Waals surface area contributed by atoms with Crippen molar-refractivity contribution >= 4 is 28.9 Å². The van der Waals surface area contributed by atoms with E-state index in [1.54, 1.807) is 0 Å². The summed E-state index contributed by atoms with van der Waals surface area (Å²) in [5.41, 5.74) is 1.82. The summed E-state index contributed by atoms with van der Waals surface area (Å²) in [7, 11) is 0. The molecule has 0 aliphatic heterocycles. The van der Waals surface area contributed by atoms with Gasteiger partial charge in [-0.05, 0) is 36.3 Å². The van der Waals surface area contributed by atoms with E-state index in [1.165, 1.54) is 12.3 Å². The number of allylic oxidation sites excluding steroid dienone is 4. The molecular weight excluding hydrogens is 350 g/mol. The van der Waals surface area contributed by atoms with Gasteiger partial charge in [0.05, 0.1) is 6.20 Å². The molecule has 1 aliphatic carbocycles. The maximum atomic E-state index is 11.9. The number of nitrogens with zero attached hydrogens (tertiary/aromatic N) is 1. The van der Waals surface area contributed by atoms with Crippen LogP contribution in [0.1, 0.15) is 17.0 Å². The van der Waals surface area contributed by atoms with Crippen molar-refractivity contribution in [1.82, 2.24) is 10.5 Å². The Kier molecular flexibility index (Phi) is 5.95. The zero-order valence-electron chi connectivity index (χ0n) is 13.8. The minimum absolute atomic E-state index is 0.0884. The first-order valence-corrected chi connectivity index (χ1v) is 8.39. The third-order valence-electron chi connectivity index (χ3n) is 3.46. The van der Waals surface area contributed by atoms with E-state index in [4.69, 9.17) is 21.5 Å². The highest BCUT2D eigenvalue weighted by molar-refractivity contribution is 7.80. The lowest BCUT2D eigenvalue weighted by atomic mass is 10.2. The molecule has 0 saturated heterocycles. The molecule has 26 heavy (non-hydrogen) atoms. The fourth-order valence-corrected chi connectivity index (χ4v) is 2.43. The van der Waals surface area contributed by atoms with Gasteiger partial charge in [0.2, 0.25) is 5.76 Å². The molecule has 0 radical (unpaired) electrons. The van der Waals surface area contributed by atoms with Gasteiger partial charge in [-0.15, -0.1) is 0 Å². The van der Waals surface area contributed by atoms with Crippen molar-refractivity contribution in [3.8, 4) is 5.75 Å². The number of carbonyl (C=O) groups excluding carboxylic acids is 1. The second-order valence-electron chi connectivity index (χ2n) is 5.40. The van der Waals surface area contributed by atoms with Crippen LogP contribution in [0.25, 0.3) is 0 Å². The summed E-state index contributed by atoms with van der Waals surface area (Å²) in [5.74, 6) is 0.324. The van der Waals surface area contributed by atoms with E-state index in [-0.39, 0.29) is 10.9 Å². The standard InChI is InChI=1S/C19H17N3O3S/c23-18(17-10-11-20-25-17)22-19(26)21-15-8-5-9-16(12-15)24-13-14-6-3-1-2-4-7-14/h1-3,5-12H,4,13H2,(H2,21,22,23,26). The van der Waals surface area contributed by atoms with Crippen molar-refractivity contribution in [2.45, 2.75) is 6.42 Å². The molecule has 0 atom stereocenters. The van der Waals surface area contributed by atoms with E-state index in [1.807, 2.05) is 42.5 Å². The van der Waals surface area contributed by atoms with Crippen LogP contribution in [0.5, 0.6) is 5.75 Å². The van der Waals surface area contributed by atoms with E-state index in [0.29, 0.717) is 18.0 Å². The average molecular weight is 367 g/mol. The molecule has 6 nitrogen and oxygen atoms in total. The predicted octanol–water partition coefficient (Wildman–Crippen LogP) is 3.62. The maximum absolute atomic E-state index is 11.9. The van der Waals surface area contributed by atoms with Gasteiger partial charge in [-0.1, -0.05) is 41.6 Å². The van der Waals surface area contributed by atoms with Crippen LogP contribution in [0, 0.1) is 0 Å². The van der Waals surface area contributed by atoms with Gasteiger partial charge in [0, 0.05) is 17.8 Å². The maximum Gasteiger partial charge on any atom is 0.296 e. The number of thiocarbonyl (C=S) groups is 1. The van der Waals surface area contributed by atoms with Crippen molar-refractivity contribution in [2.75, 3.05) is 11.9 Å². The Morgan fingerprint density at radius 3 is 3.08 bits per heavy atom. The normalized spacial score (nSPS) is 12.8. The van der Waals surface area contributed by atoms with Gasteiger partial charge in [-0.25, -0.2) is 0 Å². The summed E-state index contributed by atoms with van der Waals surface area (Å²) in [6, 6.07) is 8.80. The summed E-state index contributed by atoms with van der Waals surface area (Å²) < 4.78 is 10.6. The predicted molar refractivity (Wildman–Crippen MR) is 103 cm³/mol. The molecule has 1 aromatic heterocycles. The number of amides is 1. The minimum Gasteiger partial charge on any atom is -0.489 e. The average Bonchev–Trinajstić information content (AvgIpc) is 3.05. The first-order chi connectivity index (χ1) is 12.7. The third-order valence-corrected chi connectivity index (χ3v) is 3.66. The number of nitrogens with one attached hydrogen (secondary N) is 2. The van der Waals surface area contributed by atoms with Gasteiger partial charge >= 0.3 is 0 Å². The molecular formula is C19H17N3O3S. The first-order valence-electron chi connectivity index (χ1n) is 7.99. The zero-order valence-corrected chi connectivity index (χ0v) is 14.7. The molecule has 0 bridgehead atoms. The highest BCUT2D eigenvalue weighted by atomic mass is 32.1. The first kappa shape index (κ1) is 17.6. The lowest BCUT2D eigenvalue weighted by Gasteiger charge is -2.11. The lowest BCUT2D eigenvalue weighted by molar-refractivity contribution is 0.0941. The second-order valence-corrected chi connectivity index (χ2v) is 5.81. The summed E-state index contributed by atoms with van der Waals surface area (Å²) in [6.07, 6.45) is 12.5. The van der Waals surface area contributed by atoms with Crippen LogP contribution in [0.4, 0.5) is 5.69 Å². The number of hydrogen-bond acceptors (Lipinski definition) is 5. The Labute approximate surface area is 156 Å². The number of anilines is 1. The molecule has 132 valence electrons. The summed E-state index contributed by atoms with van der Waals surface area (Å²) in [5, 5.41) is 9.10. The van der Waals surface area contributed by atoms with Crippen LogP contribution in [0.2, 0.25) is 0 Å². The Hall–Kier alpha value is -3.19. The molecule has 0 unspecified atom stereocenters. The summed E-state index contributed by atoms with van der Waals surface area (Å²) >= 11 is 5.14. The zero-order chi connectivity index (χ0) is 18.2. The molecule has 3 rings (SSSR count). The van der Waals surface area contributed by atoms with E-state index < -0.39 is 5.91 Å². The largest absolute Gasteiger partial charge is 0.489 e. The molecule has 0 spiro atoms. The molecule has 1 heterocycles. The van der Waals surface area contributed by atoms with Crippen LogP contribution < -0.4 is 15.4 Å². The fourth-order valence-electron chi connectivity index (χ4n) is 2.22. The van der Waals surface area contributed by atoms with Gasteiger partial charge in [-0.3, -0.25) is 10.1 Å². The van der Waals surface area contributed by atoms with Crippen LogP contribution in [0.3, 0.4) is 0 Å². The fraction of sp³-hybridized carbons (Fsp3) is 0.105. The lowest BCUT2D eigenvalue weighted by Crippen LogP contribution is -2.33. The summed E-state index contributed by atoms with van der Waals surface area (Å²) in [4.78, 5) is 11.9. The third kappa shape index (κ3) is 5.15. The van der Waals surface area contributed by atoms with Crippen molar-refractivity contribution < 1.29 is 14.1 Å². The van der Waals surface area contributed by atoms with E-state index >= 15 is 0 Å². The molecule has 2 aromatic rings. The van der Waals surface area contributed by atoms with Crippen molar-refractivity contribution in [1.29, 1.82) is 0 Å². The Morgan fingerprint density at radius 1 is 1.31 bits per heavy atom. The molecule has 1 aromatic carbocycles. The number of ether oxygens (including phenoxy) is 1. The second kappa shape index (κ2) is 8.77. The van der Waals surface area contributed by atoms with Gasteiger partial charge in [0.15, 0.2) is 5.11 Å². The number of hydrogen-bond donors (Lipinski definition) is 2. The molecule has 1 amide bonds. The topological polar surface area (TPSA) is 76.4 Å². The molecule has 1 aliphatic rings. The SMILES string of the molecule is O=C(NC(=S)Nc1cccc(OCC2=CCC=CC=C2)c1)c1ccno1. The molecule has 0 saturated carbocycles. The van der Waals surface area contributed by atoms with Gasteiger partial charge in [0.25, 0.3) is 5.91 Å². The summed E-state index contributed by atoms with van der Waals surface area (Å²) in [6.45, 7) is 0.480. The van der Waals surface area contributed by atoms with E-state index in [0.717, 1.165) is 12.0 Å². The number of rotatable bonds is 5. The van der Waals surface area contributed by atoms with Crippen LogP contribution >= 0.6 is 12.2 Å².